The lowest BCUT2D eigenvalue weighted by atomic mass is 10.0. The van der Waals surface area contributed by atoms with Crippen LogP contribution in [0.2, 0.25) is 0 Å². The maximum absolute atomic E-state index is 13.7. The fraction of sp³-hybridized carbons (Fsp3) is 0.294. The third kappa shape index (κ3) is 4.30. The molecule has 0 unspecified atom stereocenters. The van der Waals surface area contributed by atoms with E-state index in [1.807, 2.05) is 22.6 Å². The Bertz CT molecular complexity index is 869. The van der Waals surface area contributed by atoms with Gasteiger partial charge >= 0.3 is 6.18 Å². The molecule has 9 heteroatoms. The summed E-state index contributed by atoms with van der Waals surface area (Å²) in [7, 11) is 0. The van der Waals surface area contributed by atoms with Crippen molar-refractivity contribution in [1.82, 2.24) is 9.78 Å². The zero-order valence-corrected chi connectivity index (χ0v) is 16.1. The van der Waals surface area contributed by atoms with E-state index in [4.69, 9.17) is 11.2 Å². The van der Waals surface area contributed by atoms with Gasteiger partial charge in [-0.3, -0.25) is 4.79 Å². The van der Waals surface area contributed by atoms with Crippen molar-refractivity contribution in [2.24, 2.45) is 0 Å². The van der Waals surface area contributed by atoms with Gasteiger partial charge in [0.15, 0.2) is 0 Å². The highest BCUT2D eigenvalue weighted by atomic mass is 127. The number of anilines is 1. The van der Waals surface area contributed by atoms with Gasteiger partial charge < -0.3 is 10.1 Å². The van der Waals surface area contributed by atoms with Gasteiger partial charge in [-0.25, -0.2) is 4.68 Å². The summed E-state index contributed by atoms with van der Waals surface area (Å²) in [5.74, 6) is 1.74. The molecule has 2 rings (SSSR count). The smallest absolute Gasteiger partial charge is 0.418 e. The number of hydrogen-bond acceptors (Lipinski definition) is 3. The van der Waals surface area contributed by atoms with E-state index in [9.17, 15) is 18.0 Å². The minimum atomic E-state index is -4.65. The van der Waals surface area contributed by atoms with Crippen LogP contribution in [0.5, 0.6) is 5.75 Å². The van der Waals surface area contributed by atoms with Gasteiger partial charge in [0, 0.05) is 18.2 Å². The van der Waals surface area contributed by atoms with Crippen molar-refractivity contribution in [2.45, 2.75) is 26.4 Å². The number of carbonyl (C=O) groups is 1. The molecule has 1 aromatic heterocycles. The number of ether oxygens (including phenoxy) is 1. The summed E-state index contributed by atoms with van der Waals surface area (Å²) in [5, 5.41) is 6.52. The van der Waals surface area contributed by atoms with Gasteiger partial charge in [0.05, 0.1) is 26.7 Å². The quantitative estimate of drug-likeness (QED) is 0.520. The van der Waals surface area contributed by atoms with Crippen LogP contribution in [0.25, 0.3) is 5.69 Å². The van der Waals surface area contributed by atoms with Crippen LogP contribution in [0.3, 0.4) is 0 Å². The van der Waals surface area contributed by atoms with Crippen molar-refractivity contribution in [2.75, 3.05) is 11.9 Å². The van der Waals surface area contributed by atoms with E-state index < -0.39 is 11.7 Å². The van der Waals surface area contributed by atoms with Crippen molar-refractivity contribution < 1.29 is 22.7 Å². The maximum Gasteiger partial charge on any atom is 0.418 e. The van der Waals surface area contributed by atoms with Crippen LogP contribution in [0.4, 0.5) is 18.9 Å². The second-order valence-electron chi connectivity index (χ2n) is 5.27. The molecule has 26 heavy (non-hydrogen) atoms. The average molecular weight is 477 g/mol. The first-order chi connectivity index (χ1) is 12.2. The van der Waals surface area contributed by atoms with Crippen LogP contribution in [0.15, 0.2) is 18.5 Å². The fourth-order valence-corrected chi connectivity index (χ4v) is 2.77. The van der Waals surface area contributed by atoms with Gasteiger partial charge in [0.1, 0.15) is 12.4 Å². The normalized spacial score (nSPS) is 11.1. The molecule has 0 aliphatic carbocycles. The van der Waals surface area contributed by atoms with E-state index in [0.29, 0.717) is 3.57 Å². The SMILES string of the molecule is C#CCOc1c(NC(=O)CC)cc(-n2cc(I)cn2)c(C(F)(F)F)c1C. The highest BCUT2D eigenvalue weighted by Gasteiger charge is 2.38. The van der Waals surface area contributed by atoms with E-state index >= 15 is 0 Å². The van der Waals surface area contributed by atoms with E-state index in [0.717, 1.165) is 4.68 Å². The molecule has 1 aromatic carbocycles. The Hall–Kier alpha value is -2.22. The van der Waals surface area contributed by atoms with Crippen LogP contribution >= 0.6 is 22.6 Å². The van der Waals surface area contributed by atoms with Crippen LogP contribution < -0.4 is 10.1 Å². The summed E-state index contributed by atoms with van der Waals surface area (Å²) < 4.78 is 48.3. The van der Waals surface area contributed by atoms with Gasteiger partial charge in [0.25, 0.3) is 0 Å². The minimum Gasteiger partial charge on any atom is -0.478 e. The number of hydrogen-bond donors (Lipinski definition) is 1. The third-order valence-electron chi connectivity index (χ3n) is 3.47. The monoisotopic (exact) mass is 477 g/mol. The van der Waals surface area contributed by atoms with Crippen molar-refractivity contribution in [1.29, 1.82) is 0 Å². The number of nitrogens with zero attached hydrogens (tertiary/aromatic N) is 2. The zero-order chi connectivity index (χ0) is 19.5. The molecule has 0 aliphatic rings. The molecule has 0 bridgehead atoms. The van der Waals surface area contributed by atoms with E-state index in [-0.39, 0.29) is 41.6 Å². The predicted octanol–water partition coefficient (Wildman–Crippen LogP) is 4.16. The summed E-state index contributed by atoms with van der Waals surface area (Å²) in [6.07, 6.45) is 3.54. The highest BCUT2D eigenvalue weighted by molar-refractivity contribution is 14.1. The van der Waals surface area contributed by atoms with Crippen LogP contribution in [-0.4, -0.2) is 22.3 Å². The lowest BCUT2D eigenvalue weighted by Crippen LogP contribution is -2.18. The van der Waals surface area contributed by atoms with E-state index in [1.165, 1.54) is 25.4 Å². The van der Waals surface area contributed by atoms with Crippen molar-refractivity contribution in [3.05, 3.63) is 33.2 Å². The summed E-state index contributed by atoms with van der Waals surface area (Å²) in [4.78, 5) is 11.8. The first-order valence-corrected chi connectivity index (χ1v) is 8.58. The number of terminal acetylenes is 1. The molecule has 0 aliphatic heterocycles. The molecule has 0 saturated carbocycles. The van der Waals surface area contributed by atoms with Gasteiger partial charge in [-0.1, -0.05) is 12.8 Å². The predicted molar refractivity (Wildman–Crippen MR) is 99.3 cm³/mol. The Kier molecular flexibility index (Phi) is 6.17. The second-order valence-corrected chi connectivity index (χ2v) is 6.51. The number of halogens is 4. The Morgan fingerprint density at radius 3 is 2.69 bits per heavy atom. The second kappa shape index (κ2) is 7.99. The Morgan fingerprint density at radius 1 is 1.50 bits per heavy atom. The summed E-state index contributed by atoms with van der Waals surface area (Å²) >= 11 is 1.95. The van der Waals surface area contributed by atoms with Gasteiger partial charge in [0.2, 0.25) is 5.91 Å². The average Bonchev–Trinajstić information content (AvgIpc) is 2.98. The molecule has 138 valence electrons. The molecule has 0 radical (unpaired) electrons. The van der Waals surface area contributed by atoms with E-state index in [2.05, 4.69) is 16.3 Å². The Morgan fingerprint density at radius 2 is 2.19 bits per heavy atom. The number of rotatable bonds is 5. The molecule has 1 amide bonds. The number of benzene rings is 1. The lowest BCUT2D eigenvalue weighted by molar-refractivity contribution is -0.138. The molecule has 0 fully saturated rings. The standard InChI is InChI=1S/C17H15F3IN3O2/c1-4-6-26-16-10(3)15(17(18,19)20)13(24-9-11(21)8-22-24)7-12(16)23-14(25)5-2/h1,7-9H,5-6H2,2-3H3,(H,23,25). The molecule has 2 aromatic rings. The van der Waals surface area contributed by atoms with Gasteiger partial charge in [-0.05, 0) is 35.6 Å². The van der Waals surface area contributed by atoms with Gasteiger partial charge in [-0.15, -0.1) is 6.42 Å². The van der Waals surface area contributed by atoms with Crippen LogP contribution in [0.1, 0.15) is 24.5 Å². The molecular weight excluding hydrogens is 462 g/mol. The lowest BCUT2D eigenvalue weighted by Gasteiger charge is -2.21. The Balaban J connectivity index is 2.77. The summed E-state index contributed by atoms with van der Waals surface area (Å²) in [5.41, 5.74) is -1.18. The van der Waals surface area contributed by atoms with E-state index in [1.54, 1.807) is 6.92 Å². The molecule has 1 N–H and O–H groups in total. The first-order valence-electron chi connectivity index (χ1n) is 7.50. The molecule has 1 heterocycles. The minimum absolute atomic E-state index is 0.109. The topological polar surface area (TPSA) is 56.1 Å². The number of nitrogens with one attached hydrogen (secondary N) is 1. The van der Waals surface area contributed by atoms with Crippen molar-refractivity contribution in [3.8, 4) is 23.8 Å². The largest absolute Gasteiger partial charge is 0.478 e. The first kappa shape index (κ1) is 20.1. The molecule has 0 spiro atoms. The van der Waals surface area contributed by atoms with Crippen molar-refractivity contribution in [3.63, 3.8) is 0 Å². The van der Waals surface area contributed by atoms with Gasteiger partial charge in [-0.2, -0.15) is 18.3 Å². The summed E-state index contributed by atoms with van der Waals surface area (Å²) in [6, 6.07) is 1.19. The maximum atomic E-state index is 13.7. The number of alkyl halides is 3. The fourth-order valence-electron chi connectivity index (χ4n) is 2.38. The number of carbonyl (C=O) groups excluding carboxylic acids is 1. The van der Waals surface area contributed by atoms with Crippen molar-refractivity contribution >= 4 is 34.2 Å². The molecular formula is C17H15F3IN3O2. The summed E-state index contributed by atoms with van der Waals surface area (Å²) in [6.45, 7) is 2.67. The zero-order valence-electron chi connectivity index (χ0n) is 13.9. The molecule has 5 nitrogen and oxygen atoms in total. The molecule has 0 atom stereocenters. The Labute approximate surface area is 162 Å². The number of amides is 1. The number of aromatic nitrogens is 2. The molecule has 0 saturated heterocycles. The third-order valence-corrected chi connectivity index (χ3v) is 4.03. The van der Waals surface area contributed by atoms with Crippen LogP contribution in [0, 0.1) is 22.8 Å². The highest BCUT2D eigenvalue weighted by Crippen LogP contribution is 2.43. The van der Waals surface area contributed by atoms with Crippen LogP contribution in [-0.2, 0) is 11.0 Å².